The molecule has 1 N–H and O–H groups in total. The van der Waals surface area contributed by atoms with Crippen LogP contribution >= 0.6 is 11.3 Å². The predicted molar refractivity (Wildman–Crippen MR) is 113 cm³/mol. The van der Waals surface area contributed by atoms with Crippen molar-refractivity contribution in [2.24, 2.45) is 0 Å². The van der Waals surface area contributed by atoms with Gasteiger partial charge in [0.1, 0.15) is 4.88 Å². The number of thiophene rings is 1. The van der Waals surface area contributed by atoms with Crippen LogP contribution in [0.15, 0.2) is 35.7 Å². The third kappa shape index (κ3) is 5.11. The van der Waals surface area contributed by atoms with Crippen molar-refractivity contribution < 1.29 is 14.3 Å². The fourth-order valence-corrected chi connectivity index (χ4v) is 4.29. The molecule has 150 valence electrons. The van der Waals surface area contributed by atoms with Crippen molar-refractivity contribution in [2.45, 2.75) is 25.8 Å². The molecule has 28 heavy (non-hydrogen) atoms. The van der Waals surface area contributed by atoms with Crippen LogP contribution < -0.4 is 10.2 Å². The van der Waals surface area contributed by atoms with Gasteiger partial charge in [0, 0.05) is 25.3 Å². The minimum Gasteiger partial charge on any atom is -0.465 e. The Morgan fingerprint density at radius 1 is 1.18 bits per heavy atom. The summed E-state index contributed by atoms with van der Waals surface area (Å²) in [6.07, 6.45) is 3.76. The lowest BCUT2D eigenvalue weighted by atomic mass is 10.1. The van der Waals surface area contributed by atoms with Crippen LogP contribution in [-0.2, 0) is 16.1 Å². The first-order chi connectivity index (χ1) is 13.6. The van der Waals surface area contributed by atoms with E-state index in [0.29, 0.717) is 17.1 Å². The van der Waals surface area contributed by atoms with Gasteiger partial charge >= 0.3 is 5.97 Å². The second-order valence-corrected chi connectivity index (χ2v) is 7.97. The topological polar surface area (TPSA) is 61.9 Å². The first kappa shape index (κ1) is 20.4. The van der Waals surface area contributed by atoms with Crippen LogP contribution in [0.3, 0.4) is 0 Å². The van der Waals surface area contributed by atoms with E-state index in [4.69, 9.17) is 4.74 Å². The molecule has 0 spiro atoms. The number of benzene rings is 1. The number of nitrogens with zero attached hydrogens (tertiary/aromatic N) is 2. The summed E-state index contributed by atoms with van der Waals surface area (Å²) in [5.41, 5.74) is 3.00. The second-order valence-electron chi connectivity index (χ2n) is 7.05. The maximum atomic E-state index is 12.5. The van der Waals surface area contributed by atoms with Crippen molar-refractivity contribution in [3.05, 3.63) is 46.2 Å². The fourth-order valence-electron chi connectivity index (χ4n) is 3.53. The highest BCUT2D eigenvalue weighted by atomic mass is 32.1. The molecule has 1 aromatic heterocycles. The molecule has 0 saturated carbocycles. The average molecular weight is 402 g/mol. The summed E-state index contributed by atoms with van der Waals surface area (Å²) in [4.78, 5) is 29.0. The van der Waals surface area contributed by atoms with Gasteiger partial charge in [0.25, 0.3) is 0 Å². The van der Waals surface area contributed by atoms with Gasteiger partial charge in [-0.2, -0.15) is 0 Å². The number of ether oxygens (including phenoxy) is 1. The third-order valence-electron chi connectivity index (χ3n) is 4.85. The summed E-state index contributed by atoms with van der Waals surface area (Å²) in [6, 6.07) is 10.1. The molecule has 1 saturated heterocycles. The van der Waals surface area contributed by atoms with E-state index in [2.05, 4.69) is 28.4 Å². The van der Waals surface area contributed by atoms with E-state index in [-0.39, 0.29) is 12.5 Å². The molecule has 0 radical (unpaired) electrons. The van der Waals surface area contributed by atoms with Crippen LogP contribution in [0.4, 0.5) is 11.4 Å². The van der Waals surface area contributed by atoms with E-state index in [1.807, 2.05) is 18.0 Å². The molecule has 3 rings (SSSR count). The van der Waals surface area contributed by atoms with Crippen molar-refractivity contribution in [1.29, 1.82) is 0 Å². The number of esters is 1. The number of methoxy groups -OCH3 is 1. The molecule has 2 aromatic rings. The van der Waals surface area contributed by atoms with Crippen LogP contribution in [0.25, 0.3) is 0 Å². The first-order valence-corrected chi connectivity index (χ1v) is 10.4. The number of carbonyl (C=O) groups excluding carboxylic acids is 2. The zero-order chi connectivity index (χ0) is 19.9. The molecule has 6 nitrogen and oxygen atoms in total. The highest BCUT2D eigenvalue weighted by molar-refractivity contribution is 7.12. The van der Waals surface area contributed by atoms with Gasteiger partial charge in [-0.3, -0.25) is 9.69 Å². The monoisotopic (exact) mass is 401 g/mol. The quantitative estimate of drug-likeness (QED) is 0.719. The van der Waals surface area contributed by atoms with Crippen molar-refractivity contribution in [3.63, 3.8) is 0 Å². The van der Waals surface area contributed by atoms with E-state index in [9.17, 15) is 9.59 Å². The third-order valence-corrected chi connectivity index (χ3v) is 5.75. The van der Waals surface area contributed by atoms with E-state index >= 15 is 0 Å². The smallest absolute Gasteiger partial charge is 0.350 e. The zero-order valence-electron chi connectivity index (χ0n) is 16.4. The Bertz CT molecular complexity index is 815. The molecule has 1 aliphatic rings. The second kappa shape index (κ2) is 9.71. The number of anilines is 2. The molecule has 7 heteroatoms. The normalized spacial score (nSPS) is 14.2. The van der Waals surface area contributed by atoms with Gasteiger partial charge in [-0.1, -0.05) is 18.2 Å². The Labute approximate surface area is 170 Å². The van der Waals surface area contributed by atoms with Gasteiger partial charge in [-0.05, 0) is 49.4 Å². The lowest BCUT2D eigenvalue weighted by Crippen LogP contribution is -2.33. The minimum absolute atomic E-state index is 0.151. The van der Waals surface area contributed by atoms with Crippen LogP contribution in [-0.4, -0.2) is 50.6 Å². The van der Waals surface area contributed by atoms with Crippen LogP contribution in [0.5, 0.6) is 0 Å². The number of hydrogen-bond acceptors (Lipinski definition) is 6. The Morgan fingerprint density at radius 2 is 1.93 bits per heavy atom. The molecule has 0 unspecified atom stereocenters. The summed E-state index contributed by atoms with van der Waals surface area (Å²) in [5.74, 6) is -0.587. The van der Waals surface area contributed by atoms with Crippen LogP contribution in [0.2, 0.25) is 0 Å². The molecule has 2 heterocycles. The van der Waals surface area contributed by atoms with Gasteiger partial charge in [0.2, 0.25) is 5.91 Å². The zero-order valence-corrected chi connectivity index (χ0v) is 17.3. The lowest BCUT2D eigenvalue weighted by molar-refractivity contribution is -0.117. The maximum Gasteiger partial charge on any atom is 0.350 e. The molecule has 1 amide bonds. The van der Waals surface area contributed by atoms with Gasteiger partial charge in [-0.25, -0.2) is 4.79 Å². The number of carbonyl (C=O) groups is 2. The summed E-state index contributed by atoms with van der Waals surface area (Å²) in [7, 11) is 3.27. The Kier molecular flexibility index (Phi) is 7.06. The summed E-state index contributed by atoms with van der Waals surface area (Å²) < 4.78 is 4.75. The van der Waals surface area contributed by atoms with E-state index in [1.165, 1.54) is 49.0 Å². The molecule has 1 aliphatic heterocycles. The van der Waals surface area contributed by atoms with Crippen LogP contribution in [0.1, 0.15) is 34.5 Å². The van der Waals surface area contributed by atoms with Crippen molar-refractivity contribution in [2.75, 3.05) is 44.0 Å². The van der Waals surface area contributed by atoms with E-state index in [0.717, 1.165) is 13.1 Å². The Morgan fingerprint density at radius 3 is 2.68 bits per heavy atom. The molecule has 0 bridgehead atoms. The average Bonchev–Trinajstić information content (AvgIpc) is 3.16. The largest absolute Gasteiger partial charge is 0.465 e. The number of para-hydroxylation sites is 1. The Balaban J connectivity index is 1.60. The van der Waals surface area contributed by atoms with Gasteiger partial charge < -0.3 is 15.0 Å². The fraction of sp³-hybridized carbons (Fsp3) is 0.429. The van der Waals surface area contributed by atoms with E-state index < -0.39 is 5.97 Å². The SMILES string of the molecule is COC(=O)c1sccc1NC(=O)CN(C)Cc1ccccc1N1CCCCC1. The van der Waals surface area contributed by atoms with Crippen molar-refractivity contribution >= 4 is 34.6 Å². The highest BCUT2D eigenvalue weighted by Gasteiger charge is 2.18. The molecule has 0 atom stereocenters. The van der Waals surface area contributed by atoms with Crippen LogP contribution in [0, 0.1) is 0 Å². The number of hydrogen-bond donors (Lipinski definition) is 1. The summed E-state index contributed by atoms with van der Waals surface area (Å²) >= 11 is 1.26. The van der Waals surface area contributed by atoms with Crippen molar-refractivity contribution in [1.82, 2.24) is 4.90 Å². The standard InChI is InChI=1S/C21H27N3O3S/c1-23(15-19(25)22-17-10-13-28-20(17)21(26)27-2)14-16-8-4-5-9-18(16)24-11-6-3-7-12-24/h4-5,8-10,13H,3,6-7,11-12,14-15H2,1-2H3,(H,22,25). The summed E-state index contributed by atoms with van der Waals surface area (Å²) in [6.45, 7) is 3.11. The minimum atomic E-state index is -0.436. The van der Waals surface area contributed by atoms with Gasteiger partial charge in [0.05, 0.1) is 19.3 Å². The molecule has 0 aliphatic carbocycles. The number of amides is 1. The predicted octanol–water partition coefficient (Wildman–Crippen LogP) is 3.60. The number of likely N-dealkylation sites (N-methyl/N-ethyl adjacent to an activating group) is 1. The lowest BCUT2D eigenvalue weighted by Gasteiger charge is -2.31. The Hall–Kier alpha value is -2.38. The molecule has 1 fully saturated rings. The maximum absolute atomic E-state index is 12.5. The highest BCUT2D eigenvalue weighted by Crippen LogP contribution is 2.25. The van der Waals surface area contributed by atoms with Gasteiger partial charge in [-0.15, -0.1) is 11.3 Å². The molecular formula is C21H27N3O3S. The summed E-state index contributed by atoms with van der Waals surface area (Å²) in [5, 5.41) is 4.58. The molecule has 1 aromatic carbocycles. The number of piperidine rings is 1. The van der Waals surface area contributed by atoms with Crippen molar-refractivity contribution in [3.8, 4) is 0 Å². The van der Waals surface area contributed by atoms with E-state index in [1.54, 1.807) is 11.4 Å². The number of rotatable bonds is 7. The van der Waals surface area contributed by atoms with Gasteiger partial charge in [0.15, 0.2) is 0 Å². The first-order valence-electron chi connectivity index (χ1n) is 9.55. The number of nitrogens with one attached hydrogen (secondary N) is 1. The molecular weight excluding hydrogens is 374 g/mol.